The lowest BCUT2D eigenvalue weighted by atomic mass is 10.1. The van der Waals surface area contributed by atoms with Gasteiger partial charge >= 0.3 is 0 Å². The lowest BCUT2D eigenvalue weighted by molar-refractivity contribution is -0.124. The summed E-state index contributed by atoms with van der Waals surface area (Å²) in [7, 11) is 0. The first kappa shape index (κ1) is 20.6. The monoisotopic (exact) mass is 420 g/mol. The van der Waals surface area contributed by atoms with Gasteiger partial charge in [0.1, 0.15) is 17.7 Å². The molecule has 0 bridgehead atoms. The van der Waals surface area contributed by atoms with E-state index in [4.69, 9.17) is 9.47 Å². The standard InChI is InChI=1S/C24H21FN2O4/c25-17-7-4-9-19(15-17)31-21-11-2-1-10-20(21)27-23(28)16-6-3-8-18(14-16)26-24(29)22-12-5-13-30-22/h1-4,6-11,14-15,22H,5,12-13H2,(H,26,29)(H,27,28). The fourth-order valence-corrected chi connectivity index (χ4v) is 3.26. The molecule has 1 aliphatic rings. The molecule has 0 radical (unpaired) electrons. The molecule has 3 aromatic carbocycles. The number of benzene rings is 3. The average Bonchev–Trinajstić information content (AvgIpc) is 3.31. The number of carbonyl (C=O) groups is 2. The van der Waals surface area contributed by atoms with Gasteiger partial charge in [-0.3, -0.25) is 9.59 Å². The zero-order chi connectivity index (χ0) is 21.6. The van der Waals surface area contributed by atoms with E-state index in [1.54, 1.807) is 60.7 Å². The highest BCUT2D eigenvalue weighted by atomic mass is 19.1. The van der Waals surface area contributed by atoms with Crippen LogP contribution in [-0.2, 0) is 9.53 Å². The third kappa shape index (κ3) is 5.26. The molecule has 1 saturated heterocycles. The third-order valence-electron chi connectivity index (χ3n) is 4.77. The minimum absolute atomic E-state index is 0.219. The smallest absolute Gasteiger partial charge is 0.255 e. The topological polar surface area (TPSA) is 76.7 Å². The van der Waals surface area contributed by atoms with Crippen molar-refractivity contribution < 1.29 is 23.5 Å². The quantitative estimate of drug-likeness (QED) is 0.589. The van der Waals surface area contributed by atoms with E-state index in [0.29, 0.717) is 41.5 Å². The Balaban J connectivity index is 1.47. The zero-order valence-corrected chi connectivity index (χ0v) is 16.6. The predicted octanol–water partition coefficient (Wildman–Crippen LogP) is 4.99. The van der Waals surface area contributed by atoms with Crippen LogP contribution in [0.5, 0.6) is 11.5 Å². The van der Waals surface area contributed by atoms with Gasteiger partial charge in [0.25, 0.3) is 11.8 Å². The second kappa shape index (κ2) is 9.40. The normalized spacial score (nSPS) is 15.3. The molecule has 6 nitrogen and oxygen atoms in total. The van der Waals surface area contributed by atoms with Crippen LogP contribution in [-0.4, -0.2) is 24.5 Å². The van der Waals surface area contributed by atoms with Crippen LogP contribution in [0.25, 0.3) is 0 Å². The highest BCUT2D eigenvalue weighted by Crippen LogP contribution is 2.30. The Morgan fingerprint density at radius 3 is 2.61 bits per heavy atom. The van der Waals surface area contributed by atoms with Crippen LogP contribution < -0.4 is 15.4 Å². The molecule has 3 aromatic rings. The van der Waals surface area contributed by atoms with Crippen molar-refractivity contribution in [3.05, 3.63) is 84.2 Å². The van der Waals surface area contributed by atoms with Crippen LogP contribution in [0.2, 0.25) is 0 Å². The number of ether oxygens (including phenoxy) is 2. The van der Waals surface area contributed by atoms with Crippen LogP contribution in [0.3, 0.4) is 0 Å². The summed E-state index contributed by atoms with van der Waals surface area (Å²) in [5.74, 6) is -0.307. The van der Waals surface area contributed by atoms with Gasteiger partial charge in [-0.2, -0.15) is 0 Å². The van der Waals surface area contributed by atoms with E-state index in [2.05, 4.69) is 10.6 Å². The maximum Gasteiger partial charge on any atom is 0.255 e. The van der Waals surface area contributed by atoms with Gasteiger partial charge in [0, 0.05) is 23.9 Å². The fourth-order valence-electron chi connectivity index (χ4n) is 3.26. The number of para-hydroxylation sites is 2. The van der Waals surface area contributed by atoms with Gasteiger partial charge in [-0.15, -0.1) is 0 Å². The Hall–Kier alpha value is -3.71. The molecule has 0 aliphatic carbocycles. The van der Waals surface area contributed by atoms with Crippen molar-refractivity contribution in [1.29, 1.82) is 0 Å². The van der Waals surface area contributed by atoms with Crippen molar-refractivity contribution in [3.8, 4) is 11.5 Å². The maximum absolute atomic E-state index is 13.4. The lowest BCUT2D eigenvalue weighted by Crippen LogP contribution is -2.27. The molecule has 1 heterocycles. The van der Waals surface area contributed by atoms with Crippen LogP contribution >= 0.6 is 0 Å². The van der Waals surface area contributed by atoms with Crippen molar-refractivity contribution in [2.75, 3.05) is 17.2 Å². The maximum atomic E-state index is 13.4. The number of halogens is 1. The first-order valence-corrected chi connectivity index (χ1v) is 9.95. The SMILES string of the molecule is O=C(Nc1ccccc1Oc1cccc(F)c1)c1cccc(NC(=O)C2CCCO2)c1. The molecule has 1 atom stereocenters. The predicted molar refractivity (Wildman–Crippen MR) is 115 cm³/mol. The third-order valence-corrected chi connectivity index (χ3v) is 4.77. The molecular formula is C24H21FN2O4. The Labute approximate surface area is 179 Å². The molecule has 158 valence electrons. The Bertz CT molecular complexity index is 1100. The van der Waals surface area contributed by atoms with Crippen LogP contribution in [0.4, 0.5) is 15.8 Å². The highest BCUT2D eigenvalue weighted by molar-refractivity contribution is 6.06. The number of nitrogens with one attached hydrogen (secondary N) is 2. The molecule has 1 fully saturated rings. The van der Waals surface area contributed by atoms with Crippen molar-refractivity contribution in [1.82, 2.24) is 0 Å². The first-order chi connectivity index (χ1) is 15.1. The molecule has 1 aliphatic heterocycles. The summed E-state index contributed by atoms with van der Waals surface area (Å²) in [5.41, 5.74) is 1.31. The number of hydrogen-bond acceptors (Lipinski definition) is 4. The van der Waals surface area contributed by atoms with Gasteiger partial charge in [0.2, 0.25) is 0 Å². The van der Waals surface area contributed by atoms with E-state index in [1.807, 2.05) is 0 Å². The summed E-state index contributed by atoms with van der Waals surface area (Å²) in [6.45, 7) is 0.581. The second-order valence-electron chi connectivity index (χ2n) is 7.08. The molecule has 0 spiro atoms. The minimum Gasteiger partial charge on any atom is -0.455 e. The van der Waals surface area contributed by atoms with E-state index in [9.17, 15) is 14.0 Å². The zero-order valence-electron chi connectivity index (χ0n) is 16.6. The van der Waals surface area contributed by atoms with Gasteiger partial charge in [-0.25, -0.2) is 4.39 Å². The Kier molecular flexibility index (Phi) is 6.24. The molecule has 2 N–H and O–H groups in total. The van der Waals surface area contributed by atoms with E-state index >= 15 is 0 Å². The molecule has 31 heavy (non-hydrogen) atoms. The Morgan fingerprint density at radius 2 is 1.81 bits per heavy atom. The van der Waals surface area contributed by atoms with Crippen molar-refractivity contribution in [2.45, 2.75) is 18.9 Å². The fraction of sp³-hybridized carbons (Fsp3) is 0.167. The number of anilines is 2. The number of rotatable bonds is 6. The molecule has 1 unspecified atom stereocenters. The number of amides is 2. The van der Waals surface area contributed by atoms with E-state index < -0.39 is 11.9 Å². The van der Waals surface area contributed by atoms with Crippen molar-refractivity contribution in [2.24, 2.45) is 0 Å². The van der Waals surface area contributed by atoms with Crippen molar-refractivity contribution in [3.63, 3.8) is 0 Å². The van der Waals surface area contributed by atoms with Gasteiger partial charge in [-0.1, -0.05) is 24.3 Å². The van der Waals surface area contributed by atoms with Gasteiger partial charge < -0.3 is 20.1 Å². The Morgan fingerprint density at radius 1 is 0.968 bits per heavy atom. The summed E-state index contributed by atoms with van der Waals surface area (Å²) < 4.78 is 24.6. The van der Waals surface area contributed by atoms with Crippen LogP contribution in [0.1, 0.15) is 23.2 Å². The highest BCUT2D eigenvalue weighted by Gasteiger charge is 2.23. The summed E-state index contributed by atoms with van der Waals surface area (Å²) in [6, 6.07) is 19.3. The van der Waals surface area contributed by atoms with E-state index in [-0.39, 0.29) is 11.8 Å². The molecular weight excluding hydrogens is 399 g/mol. The number of carbonyl (C=O) groups excluding carboxylic acids is 2. The van der Waals surface area contributed by atoms with E-state index in [1.165, 1.54) is 12.1 Å². The minimum atomic E-state index is -0.454. The summed E-state index contributed by atoms with van der Waals surface area (Å²) in [5, 5.41) is 5.59. The molecule has 0 aromatic heterocycles. The van der Waals surface area contributed by atoms with E-state index in [0.717, 1.165) is 6.42 Å². The summed E-state index contributed by atoms with van der Waals surface area (Å²) >= 11 is 0. The van der Waals surface area contributed by atoms with Gasteiger partial charge in [0.15, 0.2) is 5.75 Å². The van der Waals surface area contributed by atoms with Gasteiger partial charge in [-0.05, 0) is 55.3 Å². The molecule has 0 saturated carbocycles. The largest absolute Gasteiger partial charge is 0.455 e. The van der Waals surface area contributed by atoms with Crippen LogP contribution in [0.15, 0.2) is 72.8 Å². The lowest BCUT2D eigenvalue weighted by Gasteiger charge is -2.13. The summed E-state index contributed by atoms with van der Waals surface area (Å²) in [6.07, 6.45) is 1.09. The average molecular weight is 420 g/mol. The van der Waals surface area contributed by atoms with Crippen LogP contribution in [0, 0.1) is 5.82 Å². The molecule has 7 heteroatoms. The first-order valence-electron chi connectivity index (χ1n) is 9.95. The van der Waals surface area contributed by atoms with Gasteiger partial charge in [0.05, 0.1) is 5.69 Å². The second-order valence-corrected chi connectivity index (χ2v) is 7.08. The molecule has 2 amide bonds. The molecule has 4 rings (SSSR count). The summed E-state index contributed by atoms with van der Waals surface area (Å²) in [4.78, 5) is 25.1. The number of hydrogen-bond donors (Lipinski definition) is 2. The van der Waals surface area contributed by atoms with Crippen molar-refractivity contribution >= 4 is 23.2 Å².